The van der Waals surface area contributed by atoms with Crippen LogP contribution in [0.4, 0.5) is 9.59 Å². The predicted molar refractivity (Wildman–Crippen MR) is 103 cm³/mol. The first-order valence-electron chi connectivity index (χ1n) is 8.81. The number of carbonyl (C=O) groups excluding carboxylic acids is 2. The average Bonchev–Trinajstić information content (AvgIpc) is 2.55. The quantitative estimate of drug-likeness (QED) is 0.345. The maximum atomic E-state index is 12.7. The number of amidine groups is 1. The van der Waals surface area contributed by atoms with Crippen molar-refractivity contribution in [1.82, 2.24) is 4.90 Å². The molecule has 0 radical (unpaired) electrons. The average molecular weight is 395 g/mol. The van der Waals surface area contributed by atoms with Crippen molar-refractivity contribution in [3.8, 4) is 5.75 Å². The molecule has 156 valence electrons. The van der Waals surface area contributed by atoms with Crippen LogP contribution in [0.15, 0.2) is 23.4 Å². The smallest absolute Gasteiger partial charge is 0.425 e. The summed E-state index contributed by atoms with van der Waals surface area (Å²) in [7, 11) is 0. The molecule has 0 aliphatic rings. The van der Waals surface area contributed by atoms with Crippen LogP contribution in [0, 0.1) is 0 Å². The van der Waals surface area contributed by atoms with Gasteiger partial charge < -0.3 is 19.5 Å². The molecule has 0 fully saturated rings. The number of benzene rings is 1. The molecule has 0 heterocycles. The Balaban J connectivity index is 3.49. The Morgan fingerprint density at radius 3 is 1.93 bits per heavy atom. The number of hydrogen-bond acceptors (Lipinski definition) is 8. The Morgan fingerprint density at radius 2 is 1.57 bits per heavy atom. The number of aryl methyl sites for hydroxylation is 1. The van der Waals surface area contributed by atoms with E-state index in [0.29, 0.717) is 28.2 Å². The summed E-state index contributed by atoms with van der Waals surface area (Å²) in [4.78, 5) is 30.8. The van der Waals surface area contributed by atoms with Gasteiger partial charge in [0, 0.05) is 5.56 Å². The second-order valence-electron chi connectivity index (χ2n) is 8.01. The maximum absolute atomic E-state index is 12.7. The van der Waals surface area contributed by atoms with Crippen LogP contribution in [0.1, 0.15) is 59.6 Å². The second-order valence-corrected chi connectivity index (χ2v) is 8.01. The van der Waals surface area contributed by atoms with Crippen LogP contribution in [0.3, 0.4) is 0 Å². The second kappa shape index (κ2) is 8.92. The van der Waals surface area contributed by atoms with E-state index < -0.39 is 23.4 Å². The molecule has 0 saturated heterocycles. The van der Waals surface area contributed by atoms with Gasteiger partial charge in [0.2, 0.25) is 0 Å². The van der Waals surface area contributed by atoms with E-state index in [9.17, 15) is 14.8 Å². The summed E-state index contributed by atoms with van der Waals surface area (Å²) in [5.74, 6) is 5.23. The van der Waals surface area contributed by atoms with Crippen molar-refractivity contribution in [2.24, 2.45) is 11.1 Å². The summed E-state index contributed by atoms with van der Waals surface area (Å²) in [6.45, 7) is 11.8. The third-order valence-corrected chi connectivity index (χ3v) is 3.29. The first-order valence-corrected chi connectivity index (χ1v) is 8.81. The highest BCUT2D eigenvalue weighted by Crippen LogP contribution is 2.23. The van der Waals surface area contributed by atoms with E-state index in [1.807, 2.05) is 6.92 Å². The Morgan fingerprint density at radius 1 is 1.07 bits per heavy atom. The lowest BCUT2D eigenvalue weighted by Crippen LogP contribution is -2.47. The van der Waals surface area contributed by atoms with Crippen molar-refractivity contribution in [3.05, 3.63) is 29.3 Å². The van der Waals surface area contributed by atoms with Gasteiger partial charge in [-0.3, -0.25) is 0 Å². The van der Waals surface area contributed by atoms with Gasteiger partial charge in [-0.15, -0.1) is 0 Å². The fourth-order valence-corrected chi connectivity index (χ4v) is 2.24. The lowest BCUT2D eigenvalue weighted by Gasteiger charge is -2.29. The van der Waals surface area contributed by atoms with E-state index in [4.69, 9.17) is 20.2 Å². The Bertz CT molecular complexity index is 719. The highest BCUT2D eigenvalue weighted by atomic mass is 16.6. The number of hydrogen-bond donors (Lipinski definition) is 2. The van der Waals surface area contributed by atoms with Crippen LogP contribution >= 0.6 is 0 Å². The van der Waals surface area contributed by atoms with Gasteiger partial charge in [0.25, 0.3) is 0 Å². The number of imide groups is 1. The molecule has 0 atom stereocenters. The standard InChI is InChI=1S/C19H29N3O6/c1-8-12-11-13(28-20)9-10-14(12)15(21-25)22(16(23)26-18(2,3)4)17(24)27-19(5,6)7/h9-11,25H,8,20H2,1-7H3. The lowest BCUT2D eigenvalue weighted by molar-refractivity contribution is 0.0142. The summed E-state index contributed by atoms with van der Waals surface area (Å²) in [5.41, 5.74) is -0.818. The number of ether oxygens (including phenoxy) is 2. The van der Waals surface area contributed by atoms with E-state index in [-0.39, 0.29) is 5.84 Å². The number of nitrogens with zero attached hydrogens (tertiary/aromatic N) is 2. The third kappa shape index (κ3) is 6.41. The molecular weight excluding hydrogens is 366 g/mol. The summed E-state index contributed by atoms with van der Waals surface area (Å²) < 4.78 is 10.6. The number of rotatable bonds is 3. The molecule has 1 rings (SSSR count). The van der Waals surface area contributed by atoms with Crippen molar-refractivity contribution >= 4 is 18.0 Å². The minimum atomic E-state index is -1.03. The zero-order valence-corrected chi connectivity index (χ0v) is 17.4. The first-order chi connectivity index (χ1) is 12.8. The Hall–Kier alpha value is -2.81. The highest BCUT2D eigenvalue weighted by Gasteiger charge is 2.36. The van der Waals surface area contributed by atoms with Gasteiger partial charge in [-0.2, -0.15) is 10.8 Å². The Labute approximate surface area is 165 Å². The molecule has 9 heteroatoms. The van der Waals surface area contributed by atoms with Gasteiger partial charge in [0.15, 0.2) is 5.84 Å². The monoisotopic (exact) mass is 395 g/mol. The van der Waals surface area contributed by atoms with Gasteiger partial charge in [0.05, 0.1) is 0 Å². The van der Waals surface area contributed by atoms with Crippen LogP contribution in [0.5, 0.6) is 5.75 Å². The van der Waals surface area contributed by atoms with Crippen LogP contribution in [-0.2, 0) is 15.9 Å². The molecular formula is C19H29N3O6. The maximum Gasteiger partial charge on any atom is 0.425 e. The normalized spacial score (nSPS) is 12.4. The van der Waals surface area contributed by atoms with Crippen molar-refractivity contribution < 1.29 is 29.1 Å². The van der Waals surface area contributed by atoms with Gasteiger partial charge in [-0.25, -0.2) is 9.59 Å². The van der Waals surface area contributed by atoms with E-state index in [0.717, 1.165) is 0 Å². The van der Waals surface area contributed by atoms with Crippen LogP contribution in [-0.4, -0.2) is 39.3 Å². The molecule has 0 unspecified atom stereocenters. The molecule has 0 saturated carbocycles. The highest BCUT2D eigenvalue weighted by molar-refractivity contribution is 6.16. The van der Waals surface area contributed by atoms with E-state index in [2.05, 4.69) is 5.16 Å². The van der Waals surface area contributed by atoms with Crippen LogP contribution in [0.2, 0.25) is 0 Å². The summed E-state index contributed by atoms with van der Waals surface area (Å²) >= 11 is 0. The van der Waals surface area contributed by atoms with Crippen LogP contribution < -0.4 is 10.7 Å². The largest absolute Gasteiger partial charge is 0.443 e. The lowest BCUT2D eigenvalue weighted by atomic mass is 10.0. The molecule has 0 spiro atoms. The molecule has 0 aromatic heterocycles. The topological polar surface area (TPSA) is 124 Å². The molecule has 3 N–H and O–H groups in total. The van der Waals surface area contributed by atoms with Gasteiger partial charge in [-0.1, -0.05) is 12.1 Å². The van der Waals surface area contributed by atoms with E-state index >= 15 is 0 Å². The zero-order valence-electron chi connectivity index (χ0n) is 17.4. The minimum Gasteiger partial charge on any atom is -0.443 e. The molecule has 1 aromatic carbocycles. The van der Waals surface area contributed by atoms with E-state index in [1.54, 1.807) is 47.6 Å². The van der Waals surface area contributed by atoms with E-state index in [1.165, 1.54) is 12.1 Å². The summed E-state index contributed by atoms with van der Waals surface area (Å²) in [6, 6.07) is 4.66. The molecule has 9 nitrogen and oxygen atoms in total. The zero-order chi connectivity index (χ0) is 21.7. The molecule has 0 aliphatic carbocycles. The fraction of sp³-hybridized carbons (Fsp3) is 0.526. The molecule has 2 amide bonds. The molecule has 0 aliphatic heterocycles. The van der Waals surface area contributed by atoms with Crippen molar-refractivity contribution in [3.63, 3.8) is 0 Å². The van der Waals surface area contributed by atoms with Crippen LogP contribution in [0.25, 0.3) is 0 Å². The molecule has 1 aromatic rings. The van der Waals surface area contributed by atoms with Gasteiger partial charge in [0.1, 0.15) is 17.0 Å². The fourth-order valence-electron chi connectivity index (χ4n) is 2.24. The van der Waals surface area contributed by atoms with Crippen molar-refractivity contribution in [2.45, 2.75) is 66.1 Å². The summed E-state index contributed by atoms with van der Waals surface area (Å²) in [6.07, 6.45) is -1.58. The molecule has 0 bridgehead atoms. The van der Waals surface area contributed by atoms with Crippen molar-refractivity contribution in [1.29, 1.82) is 0 Å². The third-order valence-electron chi connectivity index (χ3n) is 3.29. The molecule has 28 heavy (non-hydrogen) atoms. The number of carbonyl (C=O) groups is 2. The number of nitrogens with two attached hydrogens (primary N) is 1. The SMILES string of the molecule is CCc1cc(ON)ccc1C(=NO)N(C(=O)OC(C)(C)C)C(=O)OC(C)(C)C. The first kappa shape index (κ1) is 23.2. The predicted octanol–water partition coefficient (Wildman–Crippen LogP) is 3.81. The minimum absolute atomic E-state index is 0.322. The summed E-state index contributed by atoms with van der Waals surface area (Å²) in [5, 5.41) is 12.9. The van der Waals surface area contributed by atoms with Gasteiger partial charge >= 0.3 is 12.2 Å². The van der Waals surface area contributed by atoms with Gasteiger partial charge in [-0.05, 0) is 71.7 Å². The number of oxime groups is 1. The van der Waals surface area contributed by atoms with Crippen molar-refractivity contribution in [2.75, 3.05) is 0 Å². The number of amides is 2. The Kier molecular flexibility index (Phi) is 7.40.